The smallest absolute Gasteiger partial charge is 0.228 e. The molecule has 0 spiro atoms. The first-order valence-corrected chi connectivity index (χ1v) is 13.0. The lowest BCUT2D eigenvalue weighted by atomic mass is 9.81. The Labute approximate surface area is 221 Å². The average Bonchev–Trinajstić information content (AvgIpc) is 2.97. The summed E-state index contributed by atoms with van der Waals surface area (Å²) < 4.78 is 24.9. The summed E-state index contributed by atoms with van der Waals surface area (Å²) in [7, 11) is 3.28. The van der Waals surface area contributed by atoms with E-state index in [1.807, 2.05) is 41.0 Å². The lowest BCUT2D eigenvalue weighted by Gasteiger charge is -2.30. The predicted molar refractivity (Wildman–Crippen MR) is 144 cm³/mol. The molecule has 38 heavy (non-hydrogen) atoms. The number of ether oxygens (including phenoxy) is 4. The Morgan fingerprint density at radius 2 is 1.76 bits per heavy atom. The minimum atomic E-state index is -0.258. The largest absolute Gasteiger partial charge is 0.493 e. The predicted octanol–water partition coefficient (Wildman–Crippen LogP) is 4.54. The summed E-state index contributed by atoms with van der Waals surface area (Å²) in [4.78, 5) is 7.12. The van der Waals surface area contributed by atoms with Crippen molar-refractivity contribution < 1.29 is 18.9 Å². The molecule has 2 aliphatic heterocycles. The van der Waals surface area contributed by atoms with Crippen molar-refractivity contribution in [2.75, 3.05) is 47.1 Å². The van der Waals surface area contributed by atoms with Gasteiger partial charge in [-0.05, 0) is 41.0 Å². The van der Waals surface area contributed by atoms with E-state index in [2.05, 4.69) is 23.1 Å². The molecule has 0 saturated carbocycles. The highest BCUT2D eigenvalue weighted by Crippen LogP contribution is 2.49. The van der Waals surface area contributed by atoms with Crippen molar-refractivity contribution in [3.8, 4) is 23.1 Å². The molecule has 0 aliphatic carbocycles. The molecule has 4 aromatic rings. The Morgan fingerprint density at radius 3 is 2.58 bits per heavy atom. The number of rotatable bonds is 7. The number of fused-ring (bicyclic) bond motifs is 4. The third kappa shape index (κ3) is 4.40. The maximum Gasteiger partial charge on any atom is 0.228 e. The second-order valence-electron chi connectivity index (χ2n) is 9.66. The number of aryl methyl sites for hydroxylation is 1. The molecule has 0 radical (unpaired) electrons. The van der Waals surface area contributed by atoms with Crippen LogP contribution in [0, 0.1) is 5.41 Å². The minimum absolute atomic E-state index is 0.258. The molecule has 0 amide bonds. The van der Waals surface area contributed by atoms with Gasteiger partial charge in [0.05, 0.1) is 33.0 Å². The van der Waals surface area contributed by atoms with Gasteiger partial charge in [-0.3, -0.25) is 10.3 Å². The van der Waals surface area contributed by atoms with Gasteiger partial charge in [-0.25, -0.2) is 4.98 Å². The number of aromatic nitrogens is 2. The Hall–Kier alpha value is -3.88. The first kappa shape index (κ1) is 24.5. The van der Waals surface area contributed by atoms with Crippen molar-refractivity contribution >= 4 is 10.8 Å². The van der Waals surface area contributed by atoms with E-state index >= 15 is 0 Å². The summed E-state index contributed by atoms with van der Waals surface area (Å²) in [6, 6.07) is 18.3. The van der Waals surface area contributed by atoms with Crippen molar-refractivity contribution in [3.63, 3.8) is 0 Å². The fraction of sp³-hybridized carbons (Fsp3) is 0.333. The quantitative estimate of drug-likeness (QED) is 0.345. The van der Waals surface area contributed by atoms with Gasteiger partial charge < -0.3 is 23.5 Å². The molecule has 1 N–H and O–H groups in total. The van der Waals surface area contributed by atoms with Crippen LogP contribution in [0.25, 0.3) is 10.8 Å². The first-order valence-electron chi connectivity index (χ1n) is 13.0. The number of nitrogens with one attached hydrogen (secondary N) is 1. The summed E-state index contributed by atoms with van der Waals surface area (Å²) in [5.74, 6) is 2.28. The fourth-order valence-electron chi connectivity index (χ4n) is 5.58. The molecule has 0 bridgehead atoms. The zero-order chi connectivity index (χ0) is 26.1. The third-order valence-corrected chi connectivity index (χ3v) is 7.52. The van der Waals surface area contributed by atoms with Gasteiger partial charge in [0.2, 0.25) is 5.88 Å². The van der Waals surface area contributed by atoms with E-state index in [-0.39, 0.29) is 5.92 Å². The van der Waals surface area contributed by atoms with Crippen molar-refractivity contribution in [2.45, 2.75) is 18.9 Å². The Balaban J connectivity index is 1.46. The summed E-state index contributed by atoms with van der Waals surface area (Å²) in [6.07, 6.45) is 2.66. The minimum Gasteiger partial charge on any atom is -0.493 e. The van der Waals surface area contributed by atoms with Crippen LogP contribution < -0.4 is 19.7 Å². The maximum absolute atomic E-state index is 9.31. The molecule has 6 rings (SSSR count). The fourth-order valence-corrected chi connectivity index (χ4v) is 5.58. The molecule has 196 valence electrons. The van der Waals surface area contributed by atoms with E-state index in [1.54, 1.807) is 20.5 Å². The number of morpholine rings is 1. The molecule has 8 nitrogen and oxygen atoms in total. The molecular weight excluding hydrogens is 480 g/mol. The van der Waals surface area contributed by atoms with E-state index in [1.165, 1.54) is 0 Å². The van der Waals surface area contributed by atoms with Crippen molar-refractivity contribution in [1.29, 1.82) is 5.41 Å². The van der Waals surface area contributed by atoms with E-state index in [0.29, 0.717) is 29.4 Å². The monoisotopic (exact) mass is 512 g/mol. The van der Waals surface area contributed by atoms with Crippen LogP contribution in [0.4, 0.5) is 0 Å². The Kier molecular flexibility index (Phi) is 6.74. The van der Waals surface area contributed by atoms with Gasteiger partial charge in [0, 0.05) is 37.7 Å². The molecular formula is C30H32N4O4. The molecule has 0 unspecified atom stereocenters. The zero-order valence-electron chi connectivity index (χ0n) is 21.8. The van der Waals surface area contributed by atoms with Gasteiger partial charge in [-0.2, -0.15) is 0 Å². The summed E-state index contributed by atoms with van der Waals surface area (Å²) in [5, 5.41) is 11.5. The standard InChI is InChI=1S/C30H32N4O4/c1-35-23-10-9-21(18-25(23)36-2)26-27-22-7-4-3-6-20(22)8-11-24(27)38-30-28(26)29(31)34(19-32-30)13-5-12-33-14-16-37-17-15-33/h3-4,6-11,18-19,26,31H,5,12-17H2,1-2H3/t26-/m0/s1. The highest BCUT2D eigenvalue weighted by molar-refractivity contribution is 5.90. The van der Waals surface area contributed by atoms with Gasteiger partial charge in [-0.15, -0.1) is 0 Å². The third-order valence-electron chi connectivity index (χ3n) is 7.52. The van der Waals surface area contributed by atoms with Crippen molar-refractivity contribution in [3.05, 3.63) is 83.1 Å². The molecule has 1 atom stereocenters. The van der Waals surface area contributed by atoms with Crippen LogP contribution in [0.2, 0.25) is 0 Å². The molecule has 1 fully saturated rings. The average molecular weight is 513 g/mol. The Bertz CT molecular complexity index is 1530. The van der Waals surface area contributed by atoms with Crippen LogP contribution >= 0.6 is 0 Å². The second-order valence-corrected chi connectivity index (χ2v) is 9.66. The highest BCUT2D eigenvalue weighted by Gasteiger charge is 2.34. The van der Waals surface area contributed by atoms with Crippen LogP contribution in [0.3, 0.4) is 0 Å². The van der Waals surface area contributed by atoms with Crippen LogP contribution in [0.5, 0.6) is 23.1 Å². The topological polar surface area (TPSA) is 81.8 Å². The van der Waals surface area contributed by atoms with Gasteiger partial charge >= 0.3 is 0 Å². The number of benzene rings is 3. The maximum atomic E-state index is 9.31. The highest BCUT2D eigenvalue weighted by atomic mass is 16.5. The Morgan fingerprint density at radius 1 is 0.947 bits per heavy atom. The zero-order valence-corrected chi connectivity index (χ0v) is 21.8. The van der Waals surface area contributed by atoms with E-state index < -0.39 is 0 Å². The van der Waals surface area contributed by atoms with Crippen molar-refractivity contribution in [1.82, 2.24) is 14.5 Å². The van der Waals surface area contributed by atoms with Crippen molar-refractivity contribution in [2.24, 2.45) is 0 Å². The van der Waals surface area contributed by atoms with E-state index in [9.17, 15) is 5.41 Å². The van der Waals surface area contributed by atoms with Gasteiger partial charge in [0.15, 0.2) is 11.5 Å². The molecule has 1 saturated heterocycles. The normalized spacial score (nSPS) is 16.9. The summed E-state index contributed by atoms with van der Waals surface area (Å²) in [6.45, 7) is 5.16. The molecule has 1 aromatic heterocycles. The first-order chi connectivity index (χ1) is 18.7. The number of methoxy groups -OCH3 is 2. The molecule has 8 heteroatoms. The SMILES string of the molecule is COc1ccc([C@@H]2c3c(ncn(CCCN4CCOCC4)c3=N)Oc3ccc4ccccc4c32)cc1OC. The number of hydrogen-bond donors (Lipinski definition) is 1. The molecule has 3 heterocycles. The number of nitrogens with zero attached hydrogens (tertiary/aromatic N) is 3. The van der Waals surface area contributed by atoms with E-state index in [4.69, 9.17) is 23.9 Å². The van der Waals surface area contributed by atoms with Gasteiger partial charge in [0.25, 0.3) is 0 Å². The lowest BCUT2D eigenvalue weighted by molar-refractivity contribution is 0.0369. The van der Waals surface area contributed by atoms with E-state index in [0.717, 1.165) is 72.5 Å². The lowest BCUT2D eigenvalue weighted by Crippen LogP contribution is -2.37. The van der Waals surface area contributed by atoms with Crippen LogP contribution in [-0.4, -0.2) is 61.5 Å². The van der Waals surface area contributed by atoms with Crippen LogP contribution in [-0.2, 0) is 11.3 Å². The summed E-state index contributed by atoms with van der Waals surface area (Å²) in [5.41, 5.74) is 3.20. The van der Waals surface area contributed by atoms with Crippen LogP contribution in [0.15, 0.2) is 60.9 Å². The summed E-state index contributed by atoms with van der Waals surface area (Å²) >= 11 is 0. The molecule has 2 aliphatic rings. The molecule has 3 aromatic carbocycles. The number of hydrogen-bond acceptors (Lipinski definition) is 7. The van der Waals surface area contributed by atoms with Crippen LogP contribution in [0.1, 0.15) is 29.0 Å². The van der Waals surface area contributed by atoms with Gasteiger partial charge in [-0.1, -0.05) is 36.4 Å². The second kappa shape index (κ2) is 10.5. The van der Waals surface area contributed by atoms with Gasteiger partial charge in [0.1, 0.15) is 17.6 Å².